The summed E-state index contributed by atoms with van der Waals surface area (Å²) in [5.41, 5.74) is 5.94. The van der Waals surface area contributed by atoms with Crippen LogP contribution in [0, 0.1) is 20.8 Å². The van der Waals surface area contributed by atoms with Crippen LogP contribution in [0.1, 0.15) is 16.8 Å². The van der Waals surface area contributed by atoms with Crippen molar-refractivity contribution in [3.05, 3.63) is 41.1 Å². The predicted molar refractivity (Wildman–Crippen MR) is 58.2 cm³/mol. The maximum Gasteiger partial charge on any atom is 0.0655 e. The standard InChI is InChI=1S/C12H14N2/c1-8-4-5-11(9(2)6-8)12-7-10(3)13-14-12/h4-7H,1-3H3,(H,13,14). The second-order valence-electron chi connectivity index (χ2n) is 3.74. The molecule has 2 rings (SSSR count). The number of nitrogens with zero attached hydrogens (tertiary/aromatic N) is 1. The Kier molecular flexibility index (Phi) is 2.12. The summed E-state index contributed by atoms with van der Waals surface area (Å²) in [5, 5.41) is 7.16. The summed E-state index contributed by atoms with van der Waals surface area (Å²) in [6.45, 7) is 6.22. The third-order valence-corrected chi connectivity index (χ3v) is 2.38. The number of rotatable bonds is 1. The topological polar surface area (TPSA) is 28.7 Å². The Balaban J connectivity index is 2.52. The molecule has 0 saturated heterocycles. The van der Waals surface area contributed by atoms with Crippen LogP contribution in [0.3, 0.4) is 0 Å². The van der Waals surface area contributed by atoms with E-state index in [1.807, 2.05) is 6.92 Å². The average molecular weight is 186 g/mol. The monoisotopic (exact) mass is 186 g/mol. The van der Waals surface area contributed by atoms with E-state index in [2.05, 4.69) is 48.3 Å². The van der Waals surface area contributed by atoms with Crippen LogP contribution in [0.25, 0.3) is 11.3 Å². The van der Waals surface area contributed by atoms with Crippen molar-refractivity contribution in [2.75, 3.05) is 0 Å². The lowest BCUT2D eigenvalue weighted by atomic mass is 10.0. The second kappa shape index (κ2) is 3.29. The number of hydrogen-bond acceptors (Lipinski definition) is 1. The molecule has 0 radical (unpaired) electrons. The first kappa shape index (κ1) is 9.00. The molecule has 1 aromatic carbocycles. The Morgan fingerprint density at radius 3 is 2.43 bits per heavy atom. The van der Waals surface area contributed by atoms with Gasteiger partial charge in [0, 0.05) is 5.56 Å². The second-order valence-corrected chi connectivity index (χ2v) is 3.74. The first-order chi connectivity index (χ1) is 6.66. The van der Waals surface area contributed by atoms with Crippen LogP contribution in [0.2, 0.25) is 0 Å². The van der Waals surface area contributed by atoms with Crippen molar-refractivity contribution in [1.29, 1.82) is 0 Å². The zero-order valence-electron chi connectivity index (χ0n) is 8.76. The predicted octanol–water partition coefficient (Wildman–Crippen LogP) is 3.00. The minimum Gasteiger partial charge on any atom is -0.278 e. The summed E-state index contributed by atoms with van der Waals surface area (Å²) >= 11 is 0. The lowest BCUT2D eigenvalue weighted by Crippen LogP contribution is -1.84. The molecule has 1 N–H and O–H groups in total. The van der Waals surface area contributed by atoms with E-state index >= 15 is 0 Å². The fourth-order valence-corrected chi connectivity index (χ4v) is 1.68. The summed E-state index contributed by atoms with van der Waals surface area (Å²) in [6.07, 6.45) is 0. The van der Waals surface area contributed by atoms with Crippen molar-refractivity contribution in [3.63, 3.8) is 0 Å². The van der Waals surface area contributed by atoms with Crippen LogP contribution in [0.15, 0.2) is 24.3 Å². The Hall–Kier alpha value is -1.57. The van der Waals surface area contributed by atoms with Gasteiger partial charge in [-0.1, -0.05) is 23.8 Å². The van der Waals surface area contributed by atoms with E-state index in [4.69, 9.17) is 0 Å². The first-order valence-electron chi connectivity index (χ1n) is 4.76. The number of aromatic nitrogens is 2. The van der Waals surface area contributed by atoms with Gasteiger partial charge in [0.1, 0.15) is 0 Å². The molecule has 14 heavy (non-hydrogen) atoms. The number of nitrogens with one attached hydrogen (secondary N) is 1. The van der Waals surface area contributed by atoms with Crippen LogP contribution in [-0.2, 0) is 0 Å². The Labute approximate surface area is 84.0 Å². The SMILES string of the molecule is Cc1ccc(-c2cc(C)n[nH]2)c(C)c1. The smallest absolute Gasteiger partial charge is 0.0655 e. The van der Waals surface area contributed by atoms with Gasteiger partial charge in [-0.05, 0) is 32.4 Å². The molecule has 2 heteroatoms. The molecule has 0 spiro atoms. The first-order valence-corrected chi connectivity index (χ1v) is 4.76. The zero-order chi connectivity index (χ0) is 10.1. The number of aromatic amines is 1. The highest BCUT2D eigenvalue weighted by Crippen LogP contribution is 2.22. The molecule has 1 heterocycles. The Morgan fingerprint density at radius 2 is 1.86 bits per heavy atom. The molecule has 0 aliphatic heterocycles. The molecule has 0 atom stereocenters. The summed E-state index contributed by atoms with van der Waals surface area (Å²) in [7, 11) is 0. The molecular formula is C12H14N2. The lowest BCUT2D eigenvalue weighted by molar-refractivity contribution is 1.05. The van der Waals surface area contributed by atoms with Gasteiger partial charge in [-0.15, -0.1) is 0 Å². The number of aryl methyl sites for hydroxylation is 3. The highest BCUT2D eigenvalue weighted by Gasteiger charge is 2.03. The van der Waals surface area contributed by atoms with Gasteiger partial charge in [-0.25, -0.2) is 0 Å². The lowest BCUT2D eigenvalue weighted by Gasteiger charge is -2.03. The van der Waals surface area contributed by atoms with Crippen LogP contribution < -0.4 is 0 Å². The molecule has 72 valence electrons. The Morgan fingerprint density at radius 1 is 1.07 bits per heavy atom. The fraction of sp³-hybridized carbons (Fsp3) is 0.250. The maximum absolute atomic E-state index is 4.13. The third kappa shape index (κ3) is 1.55. The summed E-state index contributed by atoms with van der Waals surface area (Å²) in [4.78, 5) is 0. The summed E-state index contributed by atoms with van der Waals surface area (Å²) in [5.74, 6) is 0. The molecule has 0 bridgehead atoms. The summed E-state index contributed by atoms with van der Waals surface area (Å²) in [6, 6.07) is 8.51. The average Bonchev–Trinajstić information content (AvgIpc) is 2.51. The minimum atomic E-state index is 1.03. The van der Waals surface area contributed by atoms with E-state index in [-0.39, 0.29) is 0 Å². The largest absolute Gasteiger partial charge is 0.278 e. The molecule has 2 aromatic rings. The normalized spacial score (nSPS) is 10.5. The van der Waals surface area contributed by atoms with Gasteiger partial charge >= 0.3 is 0 Å². The maximum atomic E-state index is 4.13. The van der Waals surface area contributed by atoms with E-state index < -0.39 is 0 Å². The Bertz CT molecular complexity index is 455. The van der Waals surface area contributed by atoms with Gasteiger partial charge in [0.2, 0.25) is 0 Å². The van der Waals surface area contributed by atoms with Gasteiger partial charge in [-0.3, -0.25) is 5.10 Å². The van der Waals surface area contributed by atoms with Crippen LogP contribution >= 0.6 is 0 Å². The van der Waals surface area contributed by atoms with Gasteiger partial charge in [-0.2, -0.15) is 5.10 Å². The highest BCUT2D eigenvalue weighted by molar-refractivity contribution is 5.63. The molecular weight excluding hydrogens is 172 g/mol. The van der Waals surface area contributed by atoms with Crippen molar-refractivity contribution in [2.45, 2.75) is 20.8 Å². The molecule has 0 amide bonds. The van der Waals surface area contributed by atoms with Crippen LogP contribution in [0.5, 0.6) is 0 Å². The summed E-state index contributed by atoms with van der Waals surface area (Å²) < 4.78 is 0. The van der Waals surface area contributed by atoms with E-state index in [0.717, 1.165) is 11.4 Å². The number of hydrogen-bond donors (Lipinski definition) is 1. The van der Waals surface area contributed by atoms with Crippen molar-refractivity contribution < 1.29 is 0 Å². The zero-order valence-corrected chi connectivity index (χ0v) is 8.76. The number of benzene rings is 1. The van der Waals surface area contributed by atoms with E-state index in [1.165, 1.54) is 16.7 Å². The van der Waals surface area contributed by atoms with Crippen molar-refractivity contribution in [1.82, 2.24) is 10.2 Å². The molecule has 0 saturated carbocycles. The van der Waals surface area contributed by atoms with Gasteiger partial charge < -0.3 is 0 Å². The minimum absolute atomic E-state index is 1.03. The molecule has 0 aliphatic rings. The highest BCUT2D eigenvalue weighted by atomic mass is 15.1. The van der Waals surface area contributed by atoms with Crippen molar-refractivity contribution in [2.24, 2.45) is 0 Å². The van der Waals surface area contributed by atoms with Crippen LogP contribution in [0.4, 0.5) is 0 Å². The van der Waals surface area contributed by atoms with Crippen LogP contribution in [-0.4, -0.2) is 10.2 Å². The third-order valence-electron chi connectivity index (χ3n) is 2.38. The van der Waals surface area contributed by atoms with E-state index in [0.29, 0.717) is 0 Å². The van der Waals surface area contributed by atoms with Gasteiger partial charge in [0.05, 0.1) is 11.4 Å². The van der Waals surface area contributed by atoms with Gasteiger partial charge in [0.15, 0.2) is 0 Å². The molecule has 2 nitrogen and oxygen atoms in total. The van der Waals surface area contributed by atoms with Crippen molar-refractivity contribution in [3.8, 4) is 11.3 Å². The molecule has 0 unspecified atom stereocenters. The molecule has 0 fully saturated rings. The number of H-pyrrole nitrogens is 1. The van der Waals surface area contributed by atoms with Crippen molar-refractivity contribution >= 4 is 0 Å². The molecule has 1 aromatic heterocycles. The molecule has 0 aliphatic carbocycles. The fourth-order valence-electron chi connectivity index (χ4n) is 1.68. The van der Waals surface area contributed by atoms with E-state index in [1.54, 1.807) is 0 Å². The quantitative estimate of drug-likeness (QED) is 0.728. The van der Waals surface area contributed by atoms with Gasteiger partial charge in [0.25, 0.3) is 0 Å². The van der Waals surface area contributed by atoms with E-state index in [9.17, 15) is 0 Å².